The van der Waals surface area contributed by atoms with E-state index in [9.17, 15) is 10.0 Å². The highest BCUT2D eigenvalue weighted by Gasteiger charge is 2.31. The summed E-state index contributed by atoms with van der Waals surface area (Å²) in [7, 11) is 0. The smallest absolute Gasteiger partial charge is 0.258 e. The average molecular weight is 290 g/mol. The minimum atomic E-state index is -0.556. The van der Waals surface area contributed by atoms with Crippen LogP contribution in [0.15, 0.2) is 29.4 Å². The van der Waals surface area contributed by atoms with Crippen molar-refractivity contribution < 1.29 is 19.5 Å². The fourth-order valence-electron chi connectivity index (χ4n) is 2.75. The summed E-state index contributed by atoms with van der Waals surface area (Å²) in [5.41, 5.74) is 2.17. The first kappa shape index (κ1) is 14.0. The molecular formula is C15H18N2O4. The van der Waals surface area contributed by atoms with Crippen molar-refractivity contribution in [1.82, 2.24) is 0 Å². The third-order valence-corrected chi connectivity index (χ3v) is 3.78. The van der Waals surface area contributed by atoms with E-state index in [-0.39, 0.29) is 5.91 Å². The number of hydrogen-bond donors (Lipinski definition) is 1. The van der Waals surface area contributed by atoms with Gasteiger partial charge in [-0.3, -0.25) is 4.79 Å². The zero-order valence-corrected chi connectivity index (χ0v) is 11.7. The Balaban J connectivity index is 1.92. The summed E-state index contributed by atoms with van der Waals surface area (Å²) < 4.78 is 10.8. The Morgan fingerprint density at radius 2 is 2.19 bits per heavy atom. The summed E-state index contributed by atoms with van der Waals surface area (Å²) in [6.07, 6.45) is 0.826. The molecule has 0 aromatic heterocycles. The molecule has 2 heterocycles. The van der Waals surface area contributed by atoms with Gasteiger partial charge in [-0.2, -0.15) is 0 Å². The molecule has 6 heteroatoms. The number of ether oxygens (including phenoxy) is 2. The third-order valence-electron chi connectivity index (χ3n) is 3.78. The van der Waals surface area contributed by atoms with E-state index in [1.807, 2.05) is 24.3 Å². The fraction of sp³-hybridized carbons (Fsp3) is 0.467. The van der Waals surface area contributed by atoms with Gasteiger partial charge in [0.1, 0.15) is 0 Å². The van der Waals surface area contributed by atoms with Crippen LogP contribution in [0.3, 0.4) is 0 Å². The molecule has 0 saturated carbocycles. The Morgan fingerprint density at radius 3 is 2.95 bits per heavy atom. The van der Waals surface area contributed by atoms with Crippen molar-refractivity contribution >= 4 is 17.3 Å². The molecule has 2 aliphatic rings. The molecule has 1 atom stereocenters. The first-order valence-electron chi connectivity index (χ1n) is 7.12. The molecule has 1 N–H and O–H groups in total. The van der Waals surface area contributed by atoms with Gasteiger partial charge < -0.3 is 19.6 Å². The van der Waals surface area contributed by atoms with Crippen LogP contribution < -0.4 is 4.90 Å². The van der Waals surface area contributed by atoms with Crippen LogP contribution in [-0.2, 0) is 14.3 Å². The molecular weight excluding hydrogens is 272 g/mol. The lowest BCUT2D eigenvalue weighted by atomic mass is 10.1. The molecule has 1 aromatic carbocycles. The molecule has 0 bridgehead atoms. The Bertz CT molecular complexity index is 552. The second kappa shape index (κ2) is 6.24. The van der Waals surface area contributed by atoms with E-state index in [0.29, 0.717) is 38.5 Å². The number of hydrogen-bond acceptors (Lipinski definition) is 5. The predicted octanol–water partition coefficient (Wildman–Crippen LogP) is 1.41. The van der Waals surface area contributed by atoms with Crippen LogP contribution in [0.1, 0.15) is 18.4 Å². The standard InChI is InChI=1S/C15H18N2O4/c18-15(14-10-20-8-9-21-14)17-7-3-5-12(16-19)11-4-1-2-6-13(11)17/h1-2,4,6,14,19H,3,5,7-10H2/b16-12-. The van der Waals surface area contributed by atoms with Crippen molar-refractivity contribution in [3.05, 3.63) is 29.8 Å². The quantitative estimate of drug-likeness (QED) is 0.627. The Morgan fingerprint density at radius 1 is 1.33 bits per heavy atom. The SMILES string of the molecule is O=C(C1COCCO1)N1CCC/C(=N/O)c2ccccc21. The number of carbonyl (C=O) groups excluding carboxylic acids is 1. The van der Waals surface area contributed by atoms with E-state index in [1.165, 1.54) is 0 Å². The summed E-state index contributed by atoms with van der Waals surface area (Å²) in [6.45, 7) is 1.84. The summed E-state index contributed by atoms with van der Waals surface area (Å²) in [5, 5.41) is 12.6. The van der Waals surface area contributed by atoms with Gasteiger partial charge in [-0.05, 0) is 18.9 Å². The van der Waals surface area contributed by atoms with Gasteiger partial charge in [-0.25, -0.2) is 0 Å². The number of benzene rings is 1. The van der Waals surface area contributed by atoms with Crippen LogP contribution in [0.2, 0.25) is 0 Å². The number of carbonyl (C=O) groups is 1. The normalized spacial score (nSPS) is 24.5. The third kappa shape index (κ3) is 2.77. The lowest BCUT2D eigenvalue weighted by Crippen LogP contribution is -2.45. The Labute approximate surface area is 122 Å². The highest BCUT2D eigenvalue weighted by atomic mass is 16.6. The minimum absolute atomic E-state index is 0.0960. The van der Waals surface area contributed by atoms with Crippen LogP contribution >= 0.6 is 0 Å². The van der Waals surface area contributed by atoms with E-state index >= 15 is 0 Å². The van der Waals surface area contributed by atoms with Crippen molar-refractivity contribution in [3.8, 4) is 0 Å². The van der Waals surface area contributed by atoms with E-state index < -0.39 is 6.10 Å². The molecule has 1 fully saturated rings. The Kier molecular flexibility index (Phi) is 4.17. The number of fused-ring (bicyclic) bond motifs is 1. The van der Waals surface area contributed by atoms with Gasteiger partial charge in [0.25, 0.3) is 5.91 Å². The fourth-order valence-corrected chi connectivity index (χ4v) is 2.75. The first-order valence-corrected chi connectivity index (χ1v) is 7.12. The van der Waals surface area contributed by atoms with Crippen molar-refractivity contribution in [1.29, 1.82) is 0 Å². The number of oxime groups is 1. The topological polar surface area (TPSA) is 71.4 Å². The Hall–Kier alpha value is -1.92. The summed E-state index contributed by atoms with van der Waals surface area (Å²) in [4.78, 5) is 14.4. The van der Waals surface area contributed by atoms with Crippen LogP contribution in [0.4, 0.5) is 5.69 Å². The molecule has 21 heavy (non-hydrogen) atoms. The monoisotopic (exact) mass is 290 g/mol. The largest absolute Gasteiger partial charge is 0.411 e. The predicted molar refractivity (Wildman–Crippen MR) is 76.9 cm³/mol. The van der Waals surface area contributed by atoms with Gasteiger partial charge in [0.05, 0.1) is 31.2 Å². The van der Waals surface area contributed by atoms with Gasteiger partial charge in [-0.15, -0.1) is 0 Å². The van der Waals surface area contributed by atoms with E-state index in [4.69, 9.17) is 9.47 Å². The molecule has 3 rings (SSSR count). The molecule has 1 aromatic rings. The molecule has 2 aliphatic heterocycles. The van der Waals surface area contributed by atoms with Crippen molar-refractivity contribution in [3.63, 3.8) is 0 Å². The summed E-state index contributed by atoms with van der Waals surface area (Å²) >= 11 is 0. The maximum Gasteiger partial charge on any atom is 0.258 e. The lowest BCUT2D eigenvalue weighted by molar-refractivity contribution is -0.144. The molecule has 112 valence electrons. The zero-order valence-electron chi connectivity index (χ0n) is 11.7. The number of para-hydroxylation sites is 1. The molecule has 0 spiro atoms. The van der Waals surface area contributed by atoms with Gasteiger partial charge in [0, 0.05) is 12.1 Å². The summed E-state index contributed by atoms with van der Waals surface area (Å²) in [5.74, 6) is -0.0960. The highest BCUT2D eigenvalue weighted by Crippen LogP contribution is 2.27. The lowest BCUT2D eigenvalue weighted by Gasteiger charge is -2.29. The number of rotatable bonds is 1. The van der Waals surface area contributed by atoms with Crippen LogP contribution in [0, 0.1) is 0 Å². The van der Waals surface area contributed by atoms with Crippen LogP contribution in [0.25, 0.3) is 0 Å². The zero-order chi connectivity index (χ0) is 14.7. The second-order valence-electron chi connectivity index (χ2n) is 5.09. The van der Waals surface area contributed by atoms with E-state index in [0.717, 1.165) is 17.7 Å². The molecule has 0 radical (unpaired) electrons. The van der Waals surface area contributed by atoms with Crippen molar-refractivity contribution in [2.75, 3.05) is 31.3 Å². The maximum atomic E-state index is 12.7. The molecule has 1 unspecified atom stereocenters. The maximum absolute atomic E-state index is 12.7. The van der Waals surface area contributed by atoms with Gasteiger partial charge in [0.15, 0.2) is 6.10 Å². The van der Waals surface area contributed by atoms with E-state index in [2.05, 4.69) is 5.16 Å². The highest BCUT2D eigenvalue weighted by molar-refractivity contribution is 6.09. The summed E-state index contributed by atoms with van der Waals surface area (Å²) in [6, 6.07) is 7.48. The number of nitrogens with zero attached hydrogens (tertiary/aromatic N) is 2. The second-order valence-corrected chi connectivity index (χ2v) is 5.09. The van der Waals surface area contributed by atoms with Crippen LogP contribution in [0.5, 0.6) is 0 Å². The number of amides is 1. The molecule has 6 nitrogen and oxygen atoms in total. The van der Waals surface area contributed by atoms with Gasteiger partial charge >= 0.3 is 0 Å². The van der Waals surface area contributed by atoms with Crippen LogP contribution in [-0.4, -0.2) is 49.3 Å². The van der Waals surface area contributed by atoms with Crippen molar-refractivity contribution in [2.24, 2.45) is 5.16 Å². The first-order chi connectivity index (χ1) is 10.3. The van der Waals surface area contributed by atoms with Gasteiger partial charge in [0.2, 0.25) is 0 Å². The van der Waals surface area contributed by atoms with Gasteiger partial charge in [-0.1, -0.05) is 23.4 Å². The molecule has 1 saturated heterocycles. The van der Waals surface area contributed by atoms with Crippen molar-refractivity contribution in [2.45, 2.75) is 18.9 Å². The molecule has 0 aliphatic carbocycles. The average Bonchev–Trinajstić information content (AvgIpc) is 2.74. The van der Waals surface area contributed by atoms with E-state index in [1.54, 1.807) is 4.90 Å². The molecule has 1 amide bonds. The minimum Gasteiger partial charge on any atom is -0.411 e. The number of anilines is 1.